The van der Waals surface area contributed by atoms with E-state index < -0.39 is 11.8 Å². The van der Waals surface area contributed by atoms with Crippen molar-refractivity contribution in [3.05, 3.63) is 26.6 Å². The average Bonchev–Trinajstić information content (AvgIpc) is 2.71. The van der Waals surface area contributed by atoms with E-state index in [0.29, 0.717) is 24.3 Å². The topological polar surface area (TPSA) is 35.5 Å². The highest BCUT2D eigenvalue weighted by Crippen LogP contribution is 2.34. The molecule has 1 aliphatic rings. The number of esters is 1. The summed E-state index contributed by atoms with van der Waals surface area (Å²) in [5.41, 5.74) is 0.452. The highest BCUT2D eigenvalue weighted by molar-refractivity contribution is 14.1. The SMILES string of the molecule is COC(=O)c1cc(I)c2c(c1F)CCO2. The number of ether oxygens (including phenoxy) is 2. The normalized spacial score (nSPS) is 13.3. The van der Waals surface area contributed by atoms with Gasteiger partial charge in [-0.1, -0.05) is 0 Å². The minimum absolute atomic E-state index is 0.0221. The third-order valence-corrected chi connectivity index (χ3v) is 3.07. The second-order valence-corrected chi connectivity index (χ2v) is 4.28. The molecule has 80 valence electrons. The molecule has 0 atom stereocenters. The summed E-state index contributed by atoms with van der Waals surface area (Å²) >= 11 is 2.02. The summed E-state index contributed by atoms with van der Waals surface area (Å²) in [6.45, 7) is 0.465. The lowest BCUT2D eigenvalue weighted by molar-refractivity contribution is 0.0595. The molecule has 0 saturated heterocycles. The van der Waals surface area contributed by atoms with Crippen molar-refractivity contribution in [2.45, 2.75) is 6.42 Å². The van der Waals surface area contributed by atoms with Gasteiger partial charge >= 0.3 is 5.97 Å². The van der Waals surface area contributed by atoms with Crippen molar-refractivity contribution < 1.29 is 18.7 Å². The van der Waals surface area contributed by atoms with Gasteiger partial charge in [-0.05, 0) is 28.7 Å². The zero-order valence-corrected chi connectivity index (χ0v) is 10.1. The summed E-state index contributed by atoms with van der Waals surface area (Å²) in [6.07, 6.45) is 0.502. The van der Waals surface area contributed by atoms with Crippen LogP contribution in [0.1, 0.15) is 15.9 Å². The first kappa shape index (κ1) is 10.7. The Morgan fingerprint density at radius 1 is 1.67 bits per heavy atom. The first-order valence-corrected chi connectivity index (χ1v) is 5.45. The van der Waals surface area contributed by atoms with E-state index in [2.05, 4.69) is 4.74 Å². The van der Waals surface area contributed by atoms with Crippen molar-refractivity contribution in [1.29, 1.82) is 0 Å². The summed E-state index contributed by atoms with van der Waals surface area (Å²) in [5, 5.41) is 0. The molecular weight excluding hydrogens is 314 g/mol. The van der Waals surface area contributed by atoms with Crippen LogP contribution in [0.25, 0.3) is 0 Å². The number of benzene rings is 1. The van der Waals surface area contributed by atoms with Crippen molar-refractivity contribution in [1.82, 2.24) is 0 Å². The average molecular weight is 322 g/mol. The number of rotatable bonds is 1. The highest BCUT2D eigenvalue weighted by Gasteiger charge is 2.25. The van der Waals surface area contributed by atoms with E-state index in [1.807, 2.05) is 22.6 Å². The fourth-order valence-corrected chi connectivity index (χ4v) is 2.35. The number of hydrogen-bond donors (Lipinski definition) is 0. The van der Waals surface area contributed by atoms with Gasteiger partial charge in [-0.25, -0.2) is 9.18 Å². The largest absolute Gasteiger partial charge is 0.492 e. The molecule has 0 N–H and O–H groups in total. The minimum atomic E-state index is -0.653. The molecule has 0 spiro atoms. The Hall–Kier alpha value is -0.850. The fraction of sp³-hybridized carbons (Fsp3) is 0.300. The zero-order valence-electron chi connectivity index (χ0n) is 7.97. The van der Waals surface area contributed by atoms with Crippen molar-refractivity contribution in [2.75, 3.05) is 13.7 Å². The zero-order chi connectivity index (χ0) is 11.0. The molecule has 0 bridgehead atoms. The van der Waals surface area contributed by atoms with E-state index in [1.54, 1.807) is 0 Å². The van der Waals surface area contributed by atoms with Gasteiger partial charge in [-0.2, -0.15) is 0 Å². The van der Waals surface area contributed by atoms with Crippen LogP contribution in [0.4, 0.5) is 4.39 Å². The van der Waals surface area contributed by atoms with E-state index in [9.17, 15) is 9.18 Å². The van der Waals surface area contributed by atoms with Crippen LogP contribution in [0.15, 0.2) is 6.07 Å². The lowest BCUT2D eigenvalue weighted by Crippen LogP contribution is -2.07. The summed E-state index contributed by atoms with van der Waals surface area (Å²) in [5.74, 6) is -0.615. The maximum Gasteiger partial charge on any atom is 0.340 e. The van der Waals surface area contributed by atoms with Gasteiger partial charge < -0.3 is 9.47 Å². The molecule has 3 nitrogen and oxygen atoms in total. The maximum absolute atomic E-state index is 13.8. The van der Waals surface area contributed by atoms with Crippen LogP contribution in [0.2, 0.25) is 0 Å². The Morgan fingerprint density at radius 3 is 3.07 bits per heavy atom. The van der Waals surface area contributed by atoms with Crippen LogP contribution in [0, 0.1) is 9.39 Å². The molecule has 0 aliphatic carbocycles. The molecule has 0 saturated carbocycles. The predicted molar refractivity (Wildman–Crippen MR) is 59.7 cm³/mol. The number of carbonyl (C=O) groups excluding carboxylic acids is 1. The molecule has 5 heteroatoms. The lowest BCUT2D eigenvalue weighted by Gasteiger charge is -2.07. The van der Waals surface area contributed by atoms with Crippen LogP contribution in [-0.2, 0) is 11.2 Å². The van der Waals surface area contributed by atoms with Crippen molar-refractivity contribution >= 4 is 28.6 Å². The molecule has 15 heavy (non-hydrogen) atoms. The Kier molecular flexibility index (Phi) is 2.81. The molecule has 0 fully saturated rings. The van der Waals surface area contributed by atoms with Gasteiger partial charge in [0.25, 0.3) is 0 Å². The molecular formula is C10H8FIO3. The van der Waals surface area contributed by atoms with Gasteiger partial charge in [0.15, 0.2) is 0 Å². The Morgan fingerprint density at radius 2 is 2.40 bits per heavy atom. The van der Waals surface area contributed by atoms with Gasteiger partial charge in [0.1, 0.15) is 11.6 Å². The summed E-state index contributed by atoms with van der Waals surface area (Å²) in [7, 11) is 1.23. The van der Waals surface area contributed by atoms with E-state index in [4.69, 9.17) is 4.74 Å². The van der Waals surface area contributed by atoms with Crippen LogP contribution in [0.5, 0.6) is 5.75 Å². The number of methoxy groups -OCH3 is 1. The van der Waals surface area contributed by atoms with Crippen LogP contribution in [0.3, 0.4) is 0 Å². The second kappa shape index (κ2) is 3.96. The summed E-state index contributed by atoms with van der Waals surface area (Å²) in [6, 6.07) is 1.45. The van der Waals surface area contributed by atoms with Crippen LogP contribution >= 0.6 is 22.6 Å². The molecule has 1 aromatic rings. The molecule has 1 heterocycles. The predicted octanol–water partition coefficient (Wildman–Crippen LogP) is 2.15. The summed E-state index contributed by atoms with van der Waals surface area (Å²) in [4.78, 5) is 11.3. The van der Waals surface area contributed by atoms with Crippen LogP contribution < -0.4 is 4.74 Å². The number of fused-ring (bicyclic) bond motifs is 1. The Labute approximate surface area is 99.7 Å². The maximum atomic E-state index is 13.8. The highest BCUT2D eigenvalue weighted by atomic mass is 127. The monoisotopic (exact) mass is 322 g/mol. The van der Waals surface area contributed by atoms with Crippen molar-refractivity contribution in [3.63, 3.8) is 0 Å². The molecule has 1 aromatic carbocycles. The molecule has 0 unspecified atom stereocenters. The van der Waals surface area contributed by atoms with Gasteiger partial charge in [-0.15, -0.1) is 0 Å². The third-order valence-electron chi connectivity index (χ3n) is 2.27. The van der Waals surface area contributed by atoms with Gasteiger partial charge in [0, 0.05) is 12.0 Å². The Balaban J connectivity index is 2.59. The third kappa shape index (κ3) is 1.68. The molecule has 1 aliphatic heterocycles. The van der Waals surface area contributed by atoms with E-state index in [1.165, 1.54) is 13.2 Å². The second-order valence-electron chi connectivity index (χ2n) is 3.12. The quantitative estimate of drug-likeness (QED) is 0.587. The van der Waals surface area contributed by atoms with Crippen molar-refractivity contribution in [3.8, 4) is 5.75 Å². The van der Waals surface area contributed by atoms with Crippen LogP contribution in [-0.4, -0.2) is 19.7 Å². The molecule has 0 aromatic heterocycles. The smallest absolute Gasteiger partial charge is 0.340 e. The van der Waals surface area contributed by atoms with E-state index in [-0.39, 0.29) is 5.56 Å². The standard InChI is InChI=1S/C10H8FIO3/c1-14-10(13)6-4-7(12)9-5(8(6)11)2-3-15-9/h4H,2-3H2,1H3. The molecule has 2 rings (SSSR count). The lowest BCUT2D eigenvalue weighted by atomic mass is 10.1. The molecule has 0 radical (unpaired) electrons. The first-order valence-electron chi connectivity index (χ1n) is 4.37. The van der Waals surface area contributed by atoms with Gasteiger partial charge in [0.2, 0.25) is 0 Å². The number of carbonyl (C=O) groups is 1. The Bertz CT molecular complexity index is 431. The minimum Gasteiger partial charge on any atom is -0.492 e. The fourth-order valence-electron chi connectivity index (χ4n) is 1.55. The number of hydrogen-bond acceptors (Lipinski definition) is 3. The first-order chi connectivity index (χ1) is 7.15. The van der Waals surface area contributed by atoms with E-state index in [0.717, 1.165) is 3.57 Å². The summed E-state index contributed by atoms with van der Waals surface area (Å²) < 4.78 is 24.3. The number of halogens is 2. The molecule has 0 amide bonds. The van der Waals surface area contributed by atoms with E-state index >= 15 is 0 Å². The van der Waals surface area contributed by atoms with Gasteiger partial charge in [-0.3, -0.25) is 0 Å². The van der Waals surface area contributed by atoms with Gasteiger partial charge in [0.05, 0.1) is 22.9 Å². The van der Waals surface area contributed by atoms with Crippen molar-refractivity contribution in [2.24, 2.45) is 0 Å².